The van der Waals surface area contributed by atoms with Gasteiger partial charge in [-0.15, -0.1) is 0 Å². The fourth-order valence-corrected chi connectivity index (χ4v) is 1.93. The standard InChI is InChI=1S/C15H20O/c1-3-8-14(12-16)15(9-4-2)13-10-6-5-7-11-13/h5-7,10-12H,3-4,8-9H2,1-2H3/b15-14-. The quantitative estimate of drug-likeness (QED) is 0.513. The predicted molar refractivity (Wildman–Crippen MR) is 69.2 cm³/mol. The normalized spacial score (nSPS) is 12.1. The minimum absolute atomic E-state index is 0.883. The van der Waals surface area contributed by atoms with Crippen LogP contribution in [0.5, 0.6) is 0 Å². The molecule has 1 aromatic rings. The van der Waals surface area contributed by atoms with Crippen molar-refractivity contribution in [1.82, 2.24) is 0 Å². The van der Waals surface area contributed by atoms with Gasteiger partial charge in [-0.25, -0.2) is 0 Å². The van der Waals surface area contributed by atoms with Crippen molar-refractivity contribution in [3.05, 3.63) is 41.5 Å². The third-order valence-electron chi connectivity index (χ3n) is 2.67. The Kier molecular flexibility index (Phi) is 5.55. The minimum Gasteiger partial charge on any atom is -0.298 e. The van der Waals surface area contributed by atoms with Crippen LogP contribution in [-0.4, -0.2) is 6.29 Å². The Balaban J connectivity index is 3.10. The molecular weight excluding hydrogens is 196 g/mol. The molecule has 0 fully saturated rings. The van der Waals surface area contributed by atoms with Gasteiger partial charge in [0.25, 0.3) is 0 Å². The van der Waals surface area contributed by atoms with Crippen LogP contribution in [0.3, 0.4) is 0 Å². The summed E-state index contributed by atoms with van der Waals surface area (Å²) in [5.41, 5.74) is 3.38. The topological polar surface area (TPSA) is 17.1 Å². The second kappa shape index (κ2) is 7.00. The first-order valence-electron chi connectivity index (χ1n) is 6.06. The van der Waals surface area contributed by atoms with Crippen molar-refractivity contribution in [3.8, 4) is 0 Å². The van der Waals surface area contributed by atoms with Crippen LogP contribution >= 0.6 is 0 Å². The van der Waals surface area contributed by atoms with Crippen molar-refractivity contribution < 1.29 is 4.79 Å². The van der Waals surface area contributed by atoms with Crippen LogP contribution in [-0.2, 0) is 4.79 Å². The molecule has 0 spiro atoms. The summed E-state index contributed by atoms with van der Waals surface area (Å²) in [6.45, 7) is 4.26. The number of carbonyl (C=O) groups is 1. The molecule has 0 amide bonds. The highest BCUT2D eigenvalue weighted by molar-refractivity contribution is 5.88. The minimum atomic E-state index is 0.883. The first kappa shape index (κ1) is 12.7. The van der Waals surface area contributed by atoms with Gasteiger partial charge in [-0.2, -0.15) is 0 Å². The molecule has 0 aliphatic heterocycles. The molecule has 1 rings (SSSR count). The van der Waals surface area contributed by atoms with E-state index in [0.29, 0.717) is 0 Å². The summed E-state index contributed by atoms with van der Waals surface area (Å²) < 4.78 is 0. The van der Waals surface area contributed by atoms with Gasteiger partial charge >= 0.3 is 0 Å². The van der Waals surface area contributed by atoms with E-state index in [1.807, 2.05) is 18.2 Å². The van der Waals surface area contributed by atoms with Crippen LogP contribution in [0, 0.1) is 0 Å². The second-order valence-electron chi connectivity index (χ2n) is 3.99. The highest BCUT2D eigenvalue weighted by atomic mass is 16.1. The third kappa shape index (κ3) is 3.34. The average Bonchev–Trinajstić information content (AvgIpc) is 2.35. The van der Waals surface area contributed by atoms with Crippen LogP contribution in [0.15, 0.2) is 35.9 Å². The van der Waals surface area contributed by atoms with Crippen LogP contribution in [0.1, 0.15) is 45.1 Å². The molecule has 1 nitrogen and oxygen atoms in total. The summed E-state index contributed by atoms with van der Waals surface area (Å²) in [4.78, 5) is 11.1. The summed E-state index contributed by atoms with van der Waals surface area (Å²) in [6.07, 6.45) is 4.99. The zero-order chi connectivity index (χ0) is 11.8. The SMILES string of the molecule is CCC/C(C=O)=C(\CCC)c1ccccc1. The molecule has 0 aliphatic carbocycles. The van der Waals surface area contributed by atoms with E-state index < -0.39 is 0 Å². The maximum Gasteiger partial charge on any atom is 0.146 e. The lowest BCUT2D eigenvalue weighted by Crippen LogP contribution is -1.94. The van der Waals surface area contributed by atoms with E-state index in [4.69, 9.17) is 0 Å². The molecule has 0 aromatic heterocycles. The van der Waals surface area contributed by atoms with Gasteiger partial charge in [-0.05, 0) is 29.6 Å². The van der Waals surface area contributed by atoms with Crippen molar-refractivity contribution in [2.75, 3.05) is 0 Å². The Bertz CT molecular complexity index is 349. The molecule has 0 unspecified atom stereocenters. The highest BCUT2D eigenvalue weighted by Gasteiger charge is 2.07. The number of allylic oxidation sites excluding steroid dienone is 2. The maximum atomic E-state index is 11.1. The Morgan fingerprint density at radius 1 is 1.06 bits per heavy atom. The van der Waals surface area contributed by atoms with Crippen molar-refractivity contribution in [1.29, 1.82) is 0 Å². The first-order chi connectivity index (χ1) is 7.83. The van der Waals surface area contributed by atoms with Crippen LogP contribution in [0.25, 0.3) is 5.57 Å². The van der Waals surface area contributed by atoms with Gasteiger partial charge in [0.1, 0.15) is 6.29 Å². The molecule has 86 valence electrons. The van der Waals surface area contributed by atoms with Gasteiger partial charge in [0.15, 0.2) is 0 Å². The fourth-order valence-electron chi connectivity index (χ4n) is 1.93. The molecule has 0 saturated heterocycles. The maximum absolute atomic E-state index is 11.1. The van der Waals surface area contributed by atoms with Gasteiger partial charge < -0.3 is 0 Å². The van der Waals surface area contributed by atoms with E-state index in [1.165, 1.54) is 11.1 Å². The van der Waals surface area contributed by atoms with Crippen LogP contribution in [0.2, 0.25) is 0 Å². The van der Waals surface area contributed by atoms with Gasteiger partial charge in [0.2, 0.25) is 0 Å². The summed E-state index contributed by atoms with van der Waals surface area (Å²) in [6, 6.07) is 10.2. The van der Waals surface area contributed by atoms with E-state index in [9.17, 15) is 4.79 Å². The number of carbonyl (C=O) groups excluding carboxylic acids is 1. The lowest BCUT2D eigenvalue weighted by atomic mass is 9.94. The molecule has 16 heavy (non-hydrogen) atoms. The van der Waals surface area contributed by atoms with Gasteiger partial charge in [0, 0.05) is 0 Å². The van der Waals surface area contributed by atoms with Gasteiger partial charge in [0.05, 0.1) is 0 Å². The monoisotopic (exact) mass is 216 g/mol. The second-order valence-corrected chi connectivity index (χ2v) is 3.99. The smallest absolute Gasteiger partial charge is 0.146 e. The largest absolute Gasteiger partial charge is 0.298 e. The zero-order valence-electron chi connectivity index (χ0n) is 10.2. The van der Waals surface area contributed by atoms with E-state index in [0.717, 1.165) is 37.5 Å². The average molecular weight is 216 g/mol. The number of benzene rings is 1. The van der Waals surface area contributed by atoms with E-state index in [2.05, 4.69) is 26.0 Å². The highest BCUT2D eigenvalue weighted by Crippen LogP contribution is 2.25. The Morgan fingerprint density at radius 2 is 1.69 bits per heavy atom. The first-order valence-corrected chi connectivity index (χ1v) is 6.06. The molecule has 0 aliphatic rings. The summed E-state index contributed by atoms with van der Waals surface area (Å²) in [7, 11) is 0. The van der Waals surface area contributed by atoms with Crippen LogP contribution < -0.4 is 0 Å². The Morgan fingerprint density at radius 3 is 2.19 bits per heavy atom. The van der Waals surface area contributed by atoms with E-state index in [1.54, 1.807) is 0 Å². The van der Waals surface area contributed by atoms with E-state index >= 15 is 0 Å². The number of rotatable bonds is 6. The Labute approximate surface area is 98.2 Å². The van der Waals surface area contributed by atoms with Crippen LogP contribution in [0.4, 0.5) is 0 Å². The zero-order valence-corrected chi connectivity index (χ0v) is 10.2. The summed E-state index contributed by atoms with van der Waals surface area (Å²) in [5, 5.41) is 0. The third-order valence-corrected chi connectivity index (χ3v) is 2.67. The van der Waals surface area contributed by atoms with Gasteiger partial charge in [-0.1, -0.05) is 57.0 Å². The fraction of sp³-hybridized carbons (Fsp3) is 0.400. The molecule has 1 heteroatoms. The summed E-state index contributed by atoms with van der Waals surface area (Å²) in [5.74, 6) is 0. The van der Waals surface area contributed by atoms with Crippen molar-refractivity contribution in [2.24, 2.45) is 0 Å². The number of aldehydes is 1. The molecule has 0 heterocycles. The molecule has 0 N–H and O–H groups in total. The Hall–Kier alpha value is -1.37. The molecule has 0 atom stereocenters. The van der Waals surface area contributed by atoms with Crippen molar-refractivity contribution >= 4 is 11.9 Å². The lowest BCUT2D eigenvalue weighted by molar-refractivity contribution is -0.105. The molecule has 1 aromatic carbocycles. The molecule has 0 radical (unpaired) electrons. The van der Waals surface area contributed by atoms with Gasteiger partial charge in [-0.3, -0.25) is 4.79 Å². The molecule has 0 saturated carbocycles. The molecule has 0 bridgehead atoms. The van der Waals surface area contributed by atoms with Crippen molar-refractivity contribution in [3.63, 3.8) is 0 Å². The van der Waals surface area contributed by atoms with Crippen molar-refractivity contribution in [2.45, 2.75) is 39.5 Å². The summed E-state index contributed by atoms with van der Waals surface area (Å²) >= 11 is 0. The molecular formula is C15H20O. The number of hydrogen-bond donors (Lipinski definition) is 0. The lowest BCUT2D eigenvalue weighted by Gasteiger charge is -2.10. The predicted octanol–water partition coefficient (Wildman–Crippen LogP) is 4.24. The van der Waals surface area contributed by atoms with E-state index in [-0.39, 0.29) is 0 Å². The number of hydrogen-bond acceptors (Lipinski definition) is 1.